The second kappa shape index (κ2) is 5.52. The van der Waals surface area contributed by atoms with E-state index in [2.05, 4.69) is 0 Å². The molecule has 3 nitrogen and oxygen atoms in total. The molecule has 0 heterocycles. The molecule has 18 heavy (non-hydrogen) atoms. The van der Waals surface area contributed by atoms with Crippen LogP contribution in [0.2, 0.25) is 10.0 Å². The van der Waals surface area contributed by atoms with E-state index < -0.39 is 7.12 Å². The average molecular weight is 283 g/mol. The van der Waals surface area contributed by atoms with Gasteiger partial charge in [-0.3, -0.25) is 0 Å². The number of phenols is 1. The Kier molecular flexibility index (Phi) is 4.02. The van der Waals surface area contributed by atoms with Gasteiger partial charge in [-0.1, -0.05) is 35.3 Å². The van der Waals surface area contributed by atoms with Crippen molar-refractivity contribution >= 4 is 35.8 Å². The topological polar surface area (TPSA) is 49.7 Å². The summed E-state index contributed by atoms with van der Waals surface area (Å²) >= 11 is 11.7. The quantitative estimate of drug-likeness (QED) is 0.851. The third-order valence-electron chi connectivity index (χ3n) is 2.27. The van der Waals surface area contributed by atoms with Gasteiger partial charge in [0.05, 0.1) is 0 Å². The summed E-state index contributed by atoms with van der Waals surface area (Å²) in [6, 6.07) is 11.0. The molecule has 0 aromatic heterocycles. The molecule has 0 aliphatic rings. The highest BCUT2D eigenvalue weighted by atomic mass is 35.5. The molecule has 0 saturated carbocycles. The fourth-order valence-corrected chi connectivity index (χ4v) is 2.01. The molecule has 2 N–H and O–H groups in total. The molecule has 0 saturated heterocycles. The lowest BCUT2D eigenvalue weighted by Gasteiger charge is -2.11. The minimum Gasteiger partial charge on any atom is -0.530 e. The third-order valence-corrected chi connectivity index (χ3v) is 2.71. The lowest BCUT2D eigenvalue weighted by atomic mass is 9.79. The average Bonchev–Trinajstić information content (AvgIpc) is 2.31. The van der Waals surface area contributed by atoms with Gasteiger partial charge in [0.25, 0.3) is 0 Å². The number of aromatic hydroxyl groups is 1. The summed E-state index contributed by atoms with van der Waals surface area (Å²) in [4.78, 5) is 0. The van der Waals surface area contributed by atoms with E-state index in [0.29, 0.717) is 15.5 Å². The van der Waals surface area contributed by atoms with Gasteiger partial charge in [0.2, 0.25) is 0 Å². The summed E-state index contributed by atoms with van der Waals surface area (Å²) in [5.41, 5.74) is 0.413. The molecule has 0 aliphatic carbocycles. The van der Waals surface area contributed by atoms with Crippen LogP contribution in [0.25, 0.3) is 0 Å². The van der Waals surface area contributed by atoms with Crippen molar-refractivity contribution in [3.05, 3.63) is 52.5 Å². The first kappa shape index (κ1) is 13.1. The van der Waals surface area contributed by atoms with Crippen LogP contribution in [0.4, 0.5) is 0 Å². The van der Waals surface area contributed by atoms with Crippen LogP contribution >= 0.6 is 23.2 Å². The predicted octanol–water partition coefficient (Wildman–Crippen LogP) is 2.47. The number of para-hydroxylation sites is 2. The molecular formula is C12H9BCl2O3. The van der Waals surface area contributed by atoms with E-state index in [-0.39, 0.29) is 11.5 Å². The highest BCUT2D eigenvalue weighted by Crippen LogP contribution is 2.24. The first-order chi connectivity index (χ1) is 8.56. The lowest BCUT2D eigenvalue weighted by molar-refractivity contribution is 0.398. The maximum absolute atomic E-state index is 9.90. The number of halogens is 2. The first-order valence-electron chi connectivity index (χ1n) is 5.15. The molecule has 0 amide bonds. The molecule has 0 radical (unpaired) electrons. The maximum atomic E-state index is 9.90. The van der Waals surface area contributed by atoms with E-state index in [0.717, 1.165) is 0 Å². The summed E-state index contributed by atoms with van der Waals surface area (Å²) in [7, 11) is -1.26. The van der Waals surface area contributed by atoms with Gasteiger partial charge in [-0.2, -0.15) is 0 Å². The maximum Gasteiger partial charge on any atom is 0.560 e. The van der Waals surface area contributed by atoms with Gasteiger partial charge in [-0.15, -0.1) is 0 Å². The zero-order valence-electron chi connectivity index (χ0n) is 9.18. The first-order valence-corrected chi connectivity index (χ1v) is 5.90. The van der Waals surface area contributed by atoms with Gasteiger partial charge >= 0.3 is 7.12 Å². The molecule has 0 unspecified atom stereocenters. The molecule has 2 rings (SSSR count). The largest absolute Gasteiger partial charge is 0.560 e. The number of benzene rings is 2. The van der Waals surface area contributed by atoms with Gasteiger partial charge in [-0.25, -0.2) is 0 Å². The van der Waals surface area contributed by atoms with Gasteiger partial charge < -0.3 is 14.8 Å². The van der Waals surface area contributed by atoms with Gasteiger partial charge in [0.1, 0.15) is 5.75 Å². The van der Waals surface area contributed by atoms with Crippen LogP contribution in [-0.4, -0.2) is 17.2 Å². The summed E-state index contributed by atoms with van der Waals surface area (Å²) in [6.45, 7) is 0. The lowest BCUT2D eigenvalue weighted by Crippen LogP contribution is -2.36. The molecule has 2 aromatic carbocycles. The van der Waals surface area contributed by atoms with Crippen LogP contribution < -0.4 is 10.1 Å². The van der Waals surface area contributed by atoms with Crippen molar-refractivity contribution < 1.29 is 14.8 Å². The van der Waals surface area contributed by atoms with Crippen molar-refractivity contribution in [2.45, 2.75) is 0 Å². The molecular weight excluding hydrogens is 274 g/mol. The second-order valence-electron chi connectivity index (χ2n) is 3.64. The Labute approximate surface area is 115 Å². The summed E-state index contributed by atoms with van der Waals surface area (Å²) in [5, 5.41) is 20.2. The fourth-order valence-electron chi connectivity index (χ4n) is 1.46. The van der Waals surface area contributed by atoms with Gasteiger partial charge in [-0.05, 0) is 35.8 Å². The van der Waals surface area contributed by atoms with E-state index in [4.69, 9.17) is 27.9 Å². The SMILES string of the molecule is OB(Oc1ccccc1O)c1cc(Cl)cc(Cl)c1. The van der Waals surface area contributed by atoms with Crippen LogP contribution in [0.1, 0.15) is 0 Å². The van der Waals surface area contributed by atoms with Gasteiger partial charge in [0, 0.05) is 10.0 Å². The van der Waals surface area contributed by atoms with Crippen LogP contribution in [0, 0.1) is 0 Å². The standard InChI is InChI=1S/C12H9BCl2O3/c14-9-5-8(6-10(15)7-9)13(17)18-12-4-2-1-3-11(12)16/h1-7,16-17H. The minimum absolute atomic E-state index is 0.0512. The molecule has 0 atom stereocenters. The number of hydrogen-bond acceptors (Lipinski definition) is 3. The van der Waals surface area contributed by atoms with Crippen molar-refractivity contribution in [3.8, 4) is 11.5 Å². The Hall–Kier alpha value is -1.36. The van der Waals surface area contributed by atoms with Crippen molar-refractivity contribution in [1.82, 2.24) is 0 Å². The van der Waals surface area contributed by atoms with Crippen molar-refractivity contribution in [2.24, 2.45) is 0 Å². The van der Waals surface area contributed by atoms with Crippen LogP contribution in [-0.2, 0) is 0 Å². The molecule has 0 bridgehead atoms. The highest BCUT2D eigenvalue weighted by Gasteiger charge is 2.21. The Morgan fingerprint density at radius 1 is 1.00 bits per heavy atom. The van der Waals surface area contributed by atoms with E-state index in [9.17, 15) is 10.1 Å². The van der Waals surface area contributed by atoms with E-state index in [1.165, 1.54) is 18.2 Å². The van der Waals surface area contributed by atoms with E-state index in [1.54, 1.807) is 24.3 Å². The highest BCUT2D eigenvalue weighted by molar-refractivity contribution is 6.61. The Bertz CT molecular complexity index is 543. The summed E-state index contributed by atoms with van der Waals surface area (Å²) in [6.07, 6.45) is 0. The zero-order valence-corrected chi connectivity index (χ0v) is 10.7. The molecule has 0 spiro atoms. The van der Waals surface area contributed by atoms with E-state index in [1.807, 2.05) is 0 Å². The Morgan fingerprint density at radius 2 is 1.61 bits per heavy atom. The predicted molar refractivity (Wildman–Crippen MR) is 72.8 cm³/mol. The summed E-state index contributed by atoms with van der Waals surface area (Å²) < 4.78 is 5.23. The third kappa shape index (κ3) is 3.10. The second-order valence-corrected chi connectivity index (χ2v) is 4.51. The van der Waals surface area contributed by atoms with E-state index >= 15 is 0 Å². The fraction of sp³-hybridized carbons (Fsp3) is 0. The molecule has 92 valence electrons. The van der Waals surface area contributed by atoms with Crippen molar-refractivity contribution in [1.29, 1.82) is 0 Å². The minimum atomic E-state index is -1.26. The number of phenolic OH excluding ortho intramolecular Hbond substituents is 1. The Balaban J connectivity index is 2.22. The van der Waals surface area contributed by atoms with Crippen LogP contribution in [0.5, 0.6) is 11.5 Å². The Morgan fingerprint density at radius 3 is 2.22 bits per heavy atom. The number of rotatable bonds is 3. The summed E-state index contributed by atoms with van der Waals surface area (Å²) in [5.74, 6) is 0.130. The van der Waals surface area contributed by atoms with Crippen molar-refractivity contribution in [2.75, 3.05) is 0 Å². The molecule has 0 fully saturated rings. The normalized spacial score (nSPS) is 10.2. The number of hydrogen-bond donors (Lipinski definition) is 2. The molecule has 2 aromatic rings. The van der Waals surface area contributed by atoms with Gasteiger partial charge in [0.15, 0.2) is 5.75 Å². The zero-order chi connectivity index (χ0) is 13.1. The molecule has 0 aliphatic heterocycles. The van der Waals surface area contributed by atoms with Crippen LogP contribution in [0.3, 0.4) is 0 Å². The monoisotopic (exact) mass is 282 g/mol. The smallest absolute Gasteiger partial charge is 0.530 e. The molecule has 6 heteroatoms. The van der Waals surface area contributed by atoms with Crippen molar-refractivity contribution in [3.63, 3.8) is 0 Å². The van der Waals surface area contributed by atoms with Crippen LogP contribution in [0.15, 0.2) is 42.5 Å².